The molecule has 0 saturated carbocycles. The molecule has 0 aliphatic carbocycles. The average Bonchev–Trinajstić information content (AvgIpc) is 2.79. The molecule has 0 unspecified atom stereocenters. The molecular formula is C13H16N2O. The summed E-state index contributed by atoms with van der Waals surface area (Å²) in [6, 6.07) is 7.90. The maximum atomic E-state index is 5.73. The summed E-state index contributed by atoms with van der Waals surface area (Å²) >= 11 is 0. The molecule has 0 fully saturated rings. The molecule has 0 bridgehead atoms. The highest BCUT2D eigenvalue weighted by Crippen LogP contribution is 2.20. The Bertz CT molecular complexity index is 423. The van der Waals surface area contributed by atoms with Crippen LogP contribution in [-0.2, 0) is 6.54 Å². The molecule has 3 heteroatoms. The second-order valence-corrected chi connectivity index (χ2v) is 3.68. The highest BCUT2D eigenvalue weighted by atomic mass is 16.3. The van der Waals surface area contributed by atoms with Crippen molar-refractivity contribution < 1.29 is 4.42 Å². The number of rotatable bonds is 5. The van der Waals surface area contributed by atoms with Gasteiger partial charge in [0.25, 0.3) is 0 Å². The zero-order chi connectivity index (χ0) is 11.2. The predicted octanol–water partition coefficient (Wildman–Crippen LogP) is 2.84. The average molecular weight is 216 g/mol. The normalized spacial score (nSPS) is 10.6. The lowest BCUT2D eigenvalue weighted by molar-refractivity contribution is 0.493. The van der Waals surface area contributed by atoms with E-state index in [1.54, 1.807) is 12.4 Å². The van der Waals surface area contributed by atoms with Gasteiger partial charge in [-0.1, -0.05) is 6.92 Å². The van der Waals surface area contributed by atoms with Crippen LogP contribution < -0.4 is 5.32 Å². The van der Waals surface area contributed by atoms with E-state index in [9.17, 15) is 0 Å². The third-order valence-electron chi connectivity index (χ3n) is 2.35. The van der Waals surface area contributed by atoms with Crippen LogP contribution in [0.4, 0.5) is 0 Å². The summed E-state index contributed by atoms with van der Waals surface area (Å²) in [6.45, 7) is 3.96. The molecule has 2 aromatic heterocycles. The molecule has 0 amide bonds. The van der Waals surface area contributed by atoms with Crippen LogP contribution >= 0.6 is 0 Å². The highest BCUT2D eigenvalue weighted by molar-refractivity contribution is 5.56. The van der Waals surface area contributed by atoms with Crippen molar-refractivity contribution in [3.63, 3.8) is 0 Å². The van der Waals surface area contributed by atoms with Gasteiger partial charge in [-0.25, -0.2) is 0 Å². The molecule has 0 spiro atoms. The zero-order valence-electron chi connectivity index (χ0n) is 9.44. The first kappa shape index (κ1) is 10.9. The van der Waals surface area contributed by atoms with Gasteiger partial charge in [-0.2, -0.15) is 0 Å². The minimum absolute atomic E-state index is 0.791. The van der Waals surface area contributed by atoms with Crippen molar-refractivity contribution in [3.8, 4) is 11.3 Å². The van der Waals surface area contributed by atoms with Crippen LogP contribution in [0, 0.1) is 0 Å². The van der Waals surface area contributed by atoms with E-state index in [1.807, 2.05) is 24.3 Å². The van der Waals surface area contributed by atoms with Crippen molar-refractivity contribution >= 4 is 0 Å². The molecule has 3 nitrogen and oxygen atoms in total. The molecule has 84 valence electrons. The van der Waals surface area contributed by atoms with Crippen LogP contribution in [0.1, 0.15) is 19.1 Å². The maximum Gasteiger partial charge on any atom is 0.134 e. The van der Waals surface area contributed by atoms with Gasteiger partial charge in [0.05, 0.1) is 6.54 Å². The summed E-state index contributed by atoms with van der Waals surface area (Å²) in [5.41, 5.74) is 1.07. The SMILES string of the molecule is CCCNCc1ccc(-c2ccncc2)o1. The van der Waals surface area contributed by atoms with Crippen molar-refractivity contribution in [2.24, 2.45) is 0 Å². The molecule has 0 aliphatic heterocycles. The Morgan fingerprint density at radius 1 is 1.19 bits per heavy atom. The first-order chi connectivity index (χ1) is 7.90. The fraction of sp³-hybridized carbons (Fsp3) is 0.308. The summed E-state index contributed by atoms with van der Waals surface area (Å²) in [7, 11) is 0. The van der Waals surface area contributed by atoms with Gasteiger partial charge < -0.3 is 9.73 Å². The van der Waals surface area contributed by atoms with Crippen molar-refractivity contribution in [2.75, 3.05) is 6.54 Å². The lowest BCUT2D eigenvalue weighted by Crippen LogP contribution is -2.12. The summed E-state index contributed by atoms with van der Waals surface area (Å²) in [4.78, 5) is 3.98. The standard InChI is InChI=1S/C13H16N2O/c1-2-7-15-10-12-3-4-13(16-12)11-5-8-14-9-6-11/h3-6,8-9,15H,2,7,10H2,1H3. The Labute approximate surface area is 95.5 Å². The number of pyridine rings is 1. The molecule has 2 heterocycles. The van der Waals surface area contributed by atoms with Crippen LogP contribution in [0.25, 0.3) is 11.3 Å². The molecule has 16 heavy (non-hydrogen) atoms. The van der Waals surface area contributed by atoms with Crippen LogP contribution in [0.15, 0.2) is 41.1 Å². The number of furan rings is 1. The van der Waals surface area contributed by atoms with Gasteiger partial charge in [0.1, 0.15) is 11.5 Å². The van der Waals surface area contributed by atoms with E-state index < -0.39 is 0 Å². The van der Waals surface area contributed by atoms with Crippen molar-refractivity contribution in [2.45, 2.75) is 19.9 Å². The van der Waals surface area contributed by atoms with Crippen LogP contribution in [-0.4, -0.2) is 11.5 Å². The fourth-order valence-electron chi connectivity index (χ4n) is 1.53. The minimum Gasteiger partial charge on any atom is -0.460 e. The van der Waals surface area contributed by atoms with E-state index in [0.29, 0.717) is 0 Å². The van der Waals surface area contributed by atoms with Crippen molar-refractivity contribution in [1.29, 1.82) is 0 Å². The molecule has 0 aliphatic rings. The van der Waals surface area contributed by atoms with Gasteiger partial charge in [-0.3, -0.25) is 4.98 Å². The van der Waals surface area contributed by atoms with Gasteiger partial charge in [0.2, 0.25) is 0 Å². The molecule has 2 rings (SSSR count). The predicted molar refractivity (Wildman–Crippen MR) is 63.9 cm³/mol. The second kappa shape index (κ2) is 5.47. The van der Waals surface area contributed by atoms with Gasteiger partial charge in [-0.15, -0.1) is 0 Å². The molecule has 0 radical (unpaired) electrons. The second-order valence-electron chi connectivity index (χ2n) is 3.68. The first-order valence-electron chi connectivity index (χ1n) is 5.60. The first-order valence-corrected chi connectivity index (χ1v) is 5.60. The van der Waals surface area contributed by atoms with E-state index in [-0.39, 0.29) is 0 Å². The lowest BCUT2D eigenvalue weighted by atomic mass is 10.2. The largest absolute Gasteiger partial charge is 0.460 e. The molecule has 0 atom stereocenters. The zero-order valence-corrected chi connectivity index (χ0v) is 9.44. The number of aromatic nitrogens is 1. The molecular weight excluding hydrogens is 200 g/mol. The van der Waals surface area contributed by atoms with Crippen LogP contribution in [0.5, 0.6) is 0 Å². The summed E-state index contributed by atoms with van der Waals surface area (Å²) < 4.78 is 5.73. The summed E-state index contributed by atoms with van der Waals surface area (Å²) in [5.74, 6) is 1.87. The molecule has 1 N–H and O–H groups in total. The smallest absolute Gasteiger partial charge is 0.134 e. The monoisotopic (exact) mass is 216 g/mol. The lowest BCUT2D eigenvalue weighted by Gasteiger charge is -1.99. The van der Waals surface area contributed by atoms with Gasteiger partial charge in [-0.05, 0) is 37.2 Å². The van der Waals surface area contributed by atoms with Gasteiger partial charge in [0.15, 0.2) is 0 Å². The van der Waals surface area contributed by atoms with Gasteiger partial charge >= 0.3 is 0 Å². The van der Waals surface area contributed by atoms with E-state index in [1.165, 1.54) is 0 Å². The fourth-order valence-corrected chi connectivity index (χ4v) is 1.53. The van der Waals surface area contributed by atoms with Crippen LogP contribution in [0.2, 0.25) is 0 Å². The quantitative estimate of drug-likeness (QED) is 0.781. The van der Waals surface area contributed by atoms with E-state index in [4.69, 9.17) is 4.42 Å². The Morgan fingerprint density at radius 3 is 2.75 bits per heavy atom. The Kier molecular flexibility index (Phi) is 3.72. The Morgan fingerprint density at radius 2 is 2.00 bits per heavy atom. The highest BCUT2D eigenvalue weighted by Gasteiger charge is 2.03. The summed E-state index contributed by atoms with van der Waals surface area (Å²) in [6.07, 6.45) is 4.68. The number of hydrogen-bond donors (Lipinski definition) is 1. The van der Waals surface area contributed by atoms with Crippen molar-refractivity contribution in [1.82, 2.24) is 10.3 Å². The van der Waals surface area contributed by atoms with E-state index >= 15 is 0 Å². The van der Waals surface area contributed by atoms with E-state index in [0.717, 1.165) is 36.6 Å². The third kappa shape index (κ3) is 2.70. The minimum atomic E-state index is 0.791. The summed E-state index contributed by atoms with van der Waals surface area (Å²) in [5, 5.41) is 3.31. The molecule has 2 aromatic rings. The number of nitrogens with zero attached hydrogens (tertiary/aromatic N) is 1. The van der Waals surface area contributed by atoms with E-state index in [2.05, 4.69) is 17.2 Å². The molecule has 0 saturated heterocycles. The Balaban J connectivity index is 2.02. The topological polar surface area (TPSA) is 38.1 Å². The molecule has 0 aromatic carbocycles. The Hall–Kier alpha value is -1.61. The maximum absolute atomic E-state index is 5.73. The van der Waals surface area contributed by atoms with Gasteiger partial charge in [0, 0.05) is 18.0 Å². The third-order valence-corrected chi connectivity index (χ3v) is 2.35. The van der Waals surface area contributed by atoms with Crippen molar-refractivity contribution in [3.05, 3.63) is 42.4 Å². The number of hydrogen-bond acceptors (Lipinski definition) is 3. The number of nitrogens with one attached hydrogen (secondary N) is 1. The van der Waals surface area contributed by atoms with Crippen LogP contribution in [0.3, 0.4) is 0 Å².